The molecule has 0 atom stereocenters. The van der Waals surface area contributed by atoms with Crippen LogP contribution in [0.4, 0.5) is 0 Å². The molecule has 0 spiro atoms. The average Bonchev–Trinajstić information content (AvgIpc) is 2.45. The second kappa shape index (κ2) is 8.67. The quantitative estimate of drug-likeness (QED) is 0.480. The topological polar surface area (TPSA) is 94.0 Å². The van der Waals surface area contributed by atoms with E-state index in [4.69, 9.17) is 5.26 Å². The van der Waals surface area contributed by atoms with Gasteiger partial charge in [-0.25, -0.2) is 0 Å². The third-order valence-electron chi connectivity index (χ3n) is 2.55. The molecular weight excluding hydrogens is 256 g/mol. The second-order valence-corrected chi connectivity index (χ2v) is 4.23. The molecule has 0 aliphatic rings. The molecule has 1 aromatic carbocycles. The van der Waals surface area contributed by atoms with Crippen molar-refractivity contribution in [2.75, 3.05) is 26.2 Å². The summed E-state index contributed by atoms with van der Waals surface area (Å²) in [5.41, 5.74) is 1.72. The first kappa shape index (κ1) is 15.7. The van der Waals surface area contributed by atoms with Crippen LogP contribution in [0.2, 0.25) is 0 Å². The van der Waals surface area contributed by atoms with E-state index in [2.05, 4.69) is 16.0 Å². The summed E-state index contributed by atoms with van der Waals surface area (Å²) in [6, 6.07) is 9.13. The molecule has 106 valence electrons. The zero-order chi connectivity index (χ0) is 14.8. The van der Waals surface area contributed by atoms with Crippen LogP contribution >= 0.6 is 0 Å². The number of rotatable bonds is 7. The average molecular weight is 274 g/mol. The van der Waals surface area contributed by atoms with E-state index in [-0.39, 0.29) is 24.9 Å². The molecule has 0 saturated heterocycles. The Labute approximate surface area is 118 Å². The molecule has 0 saturated carbocycles. The van der Waals surface area contributed by atoms with Gasteiger partial charge in [-0.3, -0.25) is 9.59 Å². The maximum Gasteiger partial charge on any atom is 0.251 e. The van der Waals surface area contributed by atoms with E-state index in [0.29, 0.717) is 18.7 Å². The van der Waals surface area contributed by atoms with Gasteiger partial charge < -0.3 is 16.0 Å². The van der Waals surface area contributed by atoms with Gasteiger partial charge in [-0.1, -0.05) is 17.7 Å². The van der Waals surface area contributed by atoms with Crippen molar-refractivity contribution in [2.45, 2.75) is 6.92 Å². The molecular formula is C14H18N4O2. The van der Waals surface area contributed by atoms with Crippen molar-refractivity contribution >= 4 is 11.8 Å². The first-order valence-corrected chi connectivity index (χ1v) is 6.32. The molecule has 0 radical (unpaired) electrons. The van der Waals surface area contributed by atoms with Crippen LogP contribution in [0.3, 0.4) is 0 Å². The number of benzene rings is 1. The van der Waals surface area contributed by atoms with Gasteiger partial charge in [0, 0.05) is 18.7 Å². The van der Waals surface area contributed by atoms with Crippen molar-refractivity contribution < 1.29 is 9.59 Å². The lowest BCUT2D eigenvalue weighted by molar-refractivity contribution is -0.120. The van der Waals surface area contributed by atoms with Gasteiger partial charge in [0.15, 0.2) is 0 Å². The lowest BCUT2D eigenvalue weighted by Gasteiger charge is -2.07. The Bertz CT molecular complexity index is 491. The van der Waals surface area contributed by atoms with Gasteiger partial charge in [0.25, 0.3) is 5.91 Å². The molecule has 0 unspecified atom stereocenters. The number of hydrogen-bond donors (Lipinski definition) is 3. The Balaban J connectivity index is 2.15. The van der Waals surface area contributed by atoms with Gasteiger partial charge in [0.2, 0.25) is 5.91 Å². The molecule has 3 N–H and O–H groups in total. The fraction of sp³-hybridized carbons (Fsp3) is 0.357. The number of amides is 2. The minimum atomic E-state index is -0.239. The van der Waals surface area contributed by atoms with Crippen molar-refractivity contribution in [3.05, 3.63) is 35.4 Å². The molecule has 2 amide bonds. The first-order valence-electron chi connectivity index (χ1n) is 6.32. The first-order chi connectivity index (χ1) is 9.63. The molecule has 0 aromatic heterocycles. The summed E-state index contributed by atoms with van der Waals surface area (Å²) in [5, 5.41) is 16.3. The molecule has 6 heteroatoms. The summed E-state index contributed by atoms with van der Waals surface area (Å²) >= 11 is 0. The van der Waals surface area contributed by atoms with Crippen molar-refractivity contribution in [3.63, 3.8) is 0 Å². The molecule has 0 fully saturated rings. The number of aryl methyl sites for hydroxylation is 1. The number of nitriles is 1. The minimum absolute atomic E-state index is 0.00464. The number of carbonyl (C=O) groups excluding carboxylic acids is 2. The second-order valence-electron chi connectivity index (χ2n) is 4.23. The zero-order valence-electron chi connectivity index (χ0n) is 11.4. The minimum Gasteiger partial charge on any atom is -0.351 e. The third-order valence-corrected chi connectivity index (χ3v) is 2.55. The zero-order valence-corrected chi connectivity index (χ0v) is 11.4. The SMILES string of the molecule is Cc1ccc(C(=O)NCCNCC(=O)NCC#N)cc1. The van der Waals surface area contributed by atoms with Crippen LogP contribution in [0, 0.1) is 18.3 Å². The highest BCUT2D eigenvalue weighted by molar-refractivity contribution is 5.94. The van der Waals surface area contributed by atoms with Crippen molar-refractivity contribution in [1.82, 2.24) is 16.0 Å². The third kappa shape index (κ3) is 5.98. The number of nitrogens with zero attached hydrogens (tertiary/aromatic N) is 1. The summed E-state index contributed by atoms with van der Waals surface area (Å²) in [6.45, 7) is 3.01. The molecule has 0 aliphatic heterocycles. The van der Waals surface area contributed by atoms with Crippen LogP contribution in [-0.2, 0) is 4.79 Å². The van der Waals surface area contributed by atoms with E-state index in [1.165, 1.54) is 0 Å². The van der Waals surface area contributed by atoms with E-state index in [1.54, 1.807) is 12.1 Å². The fourth-order valence-corrected chi connectivity index (χ4v) is 1.47. The summed E-state index contributed by atoms with van der Waals surface area (Å²) in [5.74, 6) is -0.378. The van der Waals surface area contributed by atoms with Gasteiger partial charge in [0.1, 0.15) is 6.54 Å². The van der Waals surface area contributed by atoms with Crippen LogP contribution < -0.4 is 16.0 Å². The lowest BCUT2D eigenvalue weighted by Crippen LogP contribution is -2.38. The Morgan fingerprint density at radius 3 is 2.50 bits per heavy atom. The Hall–Kier alpha value is -2.39. The Morgan fingerprint density at radius 2 is 1.85 bits per heavy atom. The van der Waals surface area contributed by atoms with Crippen molar-refractivity contribution in [3.8, 4) is 6.07 Å². The fourth-order valence-electron chi connectivity index (χ4n) is 1.47. The summed E-state index contributed by atoms with van der Waals surface area (Å²) in [7, 11) is 0. The Kier molecular flexibility index (Phi) is 6.79. The monoisotopic (exact) mass is 274 g/mol. The van der Waals surface area contributed by atoms with Crippen LogP contribution in [0.15, 0.2) is 24.3 Å². The van der Waals surface area contributed by atoms with Crippen LogP contribution in [0.5, 0.6) is 0 Å². The summed E-state index contributed by atoms with van der Waals surface area (Å²) in [6.07, 6.45) is 0. The van der Waals surface area contributed by atoms with Crippen molar-refractivity contribution in [2.24, 2.45) is 0 Å². The standard InChI is InChI=1S/C14H18N4O2/c1-11-2-4-12(5-3-11)14(20)18-9-8-16-10-13(19)17-7-6-15/h2-5,16H,7-10H2,1H3,(H,17,19)(H,18,20). The molecule has 6 nitrogen and oxygen atoms in total. The number of hydrogen-bond acceptors (Lipinski definition) is 4. The molecule has 0 aliphatic carbocycles. The summed E-state index contributed by atoms with van der Waals surface area (Å²) in [4.78, 5) is 22.9. The number of nitrogens with one attached hydrogen (secondary N) is 3. The Morgan fingerprint density at radius 1 is 1.15 bits per heavy atom. The van der Waals surface area contributed by atoms with Crippen LogP contribution in [-0.4, -0.2) is 38.0 Å². The van der Waals surface area contributed by atoms with Gasteiger partial charge in [-0.15, -0.1) is 0 Å². The smallest absolute Gasteiger partial charge is 0.251 e. The molecule has 20 heavy (non-hydrogen) atoms. The number of carbonyl (C=O) groups is 2. The van der Waals surface area contributed by atoms with E-state index in [1.807, 2.05) is 25.1 Å². The molecule has 1 rings (SSSR count). The lowest BCUT2D eigenvalue weighted by atomic mass is 10.1. The molecule has 0 bridgehead atoms. The maximum atomic E-state index is 11.7. The van der Waals surface area contributed by atoms with E-state index in [0.717, 1.165) is 5.56 Å². The van der Waals surface area contributed by atoms with E-state index >= 15 is 0 Å². The summed E-state index contributed by atoms with van der Waals surface area (Å²) < 4.78 is 0. The van der Waals surface area contributed by atoms with Gasteiger partial charge in [-0.2, -0.15) is 5.26 Å². The van der Waals surface area contributed by atoms with E-state index in [9.17, 15) is 9.59 Å². The van der Waals surface area contributed by atoms with E-state index < -0.39 is 0 Å². The molecule has 0 heterocycles. The highest BCUT2D eigenvalue weighted by Gasteiger charge is 2.04. The van der Waals surface area contributed by atoms with Crippen LogP contribution in [0.25, 0.3) is 0 Å². The largest absolute Gasteiger partial charge is 0.351 e. The predicted octanol–water partition coefficient (Wildman–Crippen LogP) is -0.0458. The van der Waals surface area contributed by atoms with Gasteiger partial charge in [-0.05, 0) is 19.1 Å². The van der Waals surface area contributed by atoms with Gasteiger partial charge in [0.05, 0.1) is 12.6 Å². The van der Waals surface area contributed by atoms with Crippen molar-refractivity contribution in [1.29, 1.82) is 5.26 Å². The van der Waals surface area contributed by atoms with Crippen LogP contribution in [0.1, 0.15) is 15.9 Å². The normalized spacial score (nSPS) is 9.60. The maximum absolute atomic E-state index is 11.7. The molecule has 1 aromatic rings. The highest BCUT2D eigenvalue weighted by atomic mass is 16.2. The van der Waals surface area contributed by atoms with Gasteiger partial charge >= 0.3 is 0 Å². The predicted molar refractivity (Wildman–Crippen MR) is 75.0 cm³/mol. The highest BCUT2D eigenvalue weighted by Crippen LogP contribution is 2.02.